The number of rotatable bonds is 6. The second-order valence-corrected chi connectivity index (χ2v) is 4.74. The van der Waals surface area contributed by atoms with E-state index in [2.05, 4.69) is 0 Å². The summed E-state index contributed by atoms with van der Waals surface area (Å²) in [4.78, 5) is 0. The summed E-state index contributed by atoms with van der Waals surface area (Å²) in [6, 6.07) is 0. The fourth-order valence-electron chi connectivity index (χ4n) is 1.27. The molecular formula is C8H17NaO4S. The summed E-state index contributed by atoms with van der Waals surface area (Å²) in [7, 11) is -4.34. The molecule has 2 unspecified atom stereocenters. The maximum Gasteiger partial charge on any atom is 1.00 e. The standard InChI is InChI=1S/C8H18O4S.Na/c1-3-5-6-7(9)8(4-2)13(10,11)12;/h7-9H,3-6H2,1-2H3,(H,10,11,12);/q;+1/p-1. The summed E-state index contributed by atoms with van der Waals surface area (Å²) in [5, 5.41) is 8.26. The van der Waals surface area contributed by atoms with Crippen LogP contribution in [0.3, 0.4) is 0 Å². The number of unbranched alkanes of at least 4 members (excludes halogenated alkanes) is 1. The summed E-state index contributed by atoms with van der Waals surface area (Å²) in [6.45, 7) is 3.54. The molecule has 0 amide bonds. The zero-order chi connectivity index (χ0) is 10.5. The Kier molecular flexibility index (Phi) is 9.96. The normalized spacial score (nSPS) is 15.7. The molecule has 1 N–H and O–H groups in total. The smallest absolute Gasteiger partial charge is 0.748 e. The Bertz CT molecular complexity index is 227. The molecule has 0 aliphatic heterocycles. The first-order valence-electron chi connectivity index (χ1n) is 4.56. The van der Waals surface area contributed by atoms with Crippen molar-refractivity contribution in [2.45, 2.75) is 50.9 Å². The topological polar surface area (TPSA) is 77.4 Å². The van der Waals surface area contributed by atoms with Gasteiger partial charge in [0, 0.05) is 0 Å². The average Bonchev–Trinajstić information content (AvgIpc) is 1.99. The van der Waals surface area contributed by atoms with Crippen molar-refractivity contribution in [3.63, 3.8) is 0 Å². The predicted octanol–water partition coefficient (Wildman–Crippen LogP) is -2.13. The molecule has 6 heteroatoms. The molecule has 0 aliphatic rings. The van der Waals surface area contributed by atoms with Gasteiger partial charge in [-0.05, 0) is 12.8 Å². The van der Waals surface area contributed by atoms with E-state index in [1.54, 1.807) is 6.92 Å². The van der Waals surface area contributed by atoms with Gasteiger partial charge in [0.1, 0.15) is 10.1 Å². The van der Waals surface area contributed by atoms with Gasteiger partial charge in [0.25, 0.3) is 0 Å². The molecule has 2 atom stereocenters. The van der Waals surface area contributed by atoms with Gasteiger partial charge in [-0.25, -0.2) is 8.42 Å². The van der Waals surface area contributed by atoms with Gasteiger partial charge >= 0.3 is 29.6 Å². The van der Waals surface area contributed by atoms with E-state index in [-0.39, 0.29) is 36.0 Å². The zero-order valence-electron chi connectivity index (χ0n) is 9.06. The Morgan fingerprint density at radius 2 is 1.86 bits per heavy atom. The van der Waals surface area contributed by atoms with Crippen molar-refractivity contribution in [3.05, 3.63) is 0 Å². The third-order valence-corrected chi connectivity index (χ3v) is 3.44. The van der Waals surface area contributed by atoms with Gasteiger partial charge in [-0.3, -0.25) is 0 Å². The number of aliphatic hydroxyl groups is 1. The van der Waals surface area contributed by atoms with E-state index >= 15 is 0 Å². The Morgan fingerprint density at radius 1 is 1.36 bits per heavy atom. The van der Waals surface area contributed by atoms with E-state index in [1.165, 1.54) is 0 Å². The van der Waals surface area contributed by atoms with Gasteiger partial charge in [-0.15, -0.1) is 0 Å². The van der Waals surface area contributed by atoms with Gasteiger partial charge in [0.15, 0.2) is 0 Å². The SMILES string of the molecule is CCCCC(O)C(CC)S(=O)(=O)[O-].[Na+]. The van der Waals surface area contributed by atoms with Gasteiger partial charge in [-0.2, -0.15) is 0 Å². The molecule has 0 radical (unpaired) electrons. The maximum atomic E-state index is 10.7. The Morgan fingerprint density at radius 3 is 2.14 bits per heavy atom. The summed E-state index contributed by atoms with van der Waals surface area (Å²) < 4.78 is 32.0. The molecule has 0 aliphatic carbocycles. The molecule has 0 bridgehead atoms. The molecule has 0 saturated heterocycles. The third-order valence-electron chi connectivity index (χ3n) is 2.06. The van der Waals surface area contributed by atoms with E-state index in [1.807, 2.05) is 6.92 Å². The van der Waals surface area contributed by atoms with E-state index in [0.29, 0.717) is 6.42 Å². The third kappa shape index (κ3) is 6.37. The molecule has 0 aromatic heterocycles. The largest absolute Gasteiger partial charge is 1.00 e. The Balaban J connectivity index is 0. The van der Waals surface area contributed by atoms with Crippen LogP contribution in [0.5, 0.6) is 0 Å². The van der Waals surface area contributed by atoms with Gasteiger partial charge in [0.2, 0.25) is 0 Å². The zero-order valence-corrected chi connectivity index (χ0v) is 11.9. The minimum Gasteiger partial charge on any atom is -0.748 e. The molecular weight excluding hydrogens is 215 g/mol. The predicted molar refractivity (Wildman–Crippen MR) is 49.3 cm³/mol. The average molecular weight is 232 g/mol. The molecule has 0 heterocycles. The quantitative estimate of drug-likeness (QED) is 0.419. The Hall–Kier alpha value is 0.870. The van der Waals surface area contributed by atoms with Crippen LogP contribution in [0.2, 0.25) is 0 Å². The summed E-state index contributed by atoms with van der Waals surface area (Å²) in [5.41, 5.74) is 0. The monoisotopic (exact) mass is 232 g/mol. The number of aliphatic hydroxyl groups excluding tert-OH is 1. The number of hydrogen-bond acceptors (Lipinski definition) is 4. The van der Waals surface area contributed by atoms with Gasteiger partial charge < -0.3 is 9.66 Å². The van der Waals surface area contributed by atoms with E-state index in [0.717, 1.165) is 12.8 Å². The van der Waals surface area contributed by atoms with Crippen LogP contribution in [0.1, 0.15) is 39.5 Å². The molecule has 0 aromatic carbocycles. The molecule has 80 valence electrons. The van der Waals surface area contributed by atoms with Crippen LogP contribution in [0.15, 0.2) is 0 Å². The Labute approximate surface area is 108 Å². The van der Waals surface area contributed by atoms with Gasteiger partial charge in [-0.1, -0.05) is 26.7 Å². The van der Waals surface area contributed by atoms with Crippen LogP contribution in [0, 0.1) is 0 Å². The van der Waals surface area contributed by atoms with Crippen molar-refractivity contribution in [1.29, 1.82) is 0 Å². The molecule has 14 heavy (non-hydrogen) atoms. The first-order valence-corrected chi connectivity index (χ1v) is 6.03. The first kappa shape index (κ1) is 17.3. The molecule has 0 rings (SSSR count). The van der Waals surface area contributed by atoms with Crippen LogP contribution in [0.25, 0.3) is 0 Å². The van der Waals surface area contributed by atoms with Crippen molar-refractivity contribution >= 4 is 10.1 Å². The maximum absolute atomic E-state index is 10.7. The van der Waals surface area contributed by atoms with Crippen LogP contribution in [-0.2, 0) is 10.1 Å². The fourth-order valence-corrected chi connectivity index (χ4v) is 2.20. The second-order valence-electron chi connectivity index (χ2n) is 3.15. The first-order chi connectivity index (χ1) is 5.93. The van der Waals surface area contributed by atoms with E-state index < -0.39 is 21.5 Å². The van der Waals surface area contributed by atoms with Gasteiger partial charge in [0.05, 0.1) is 11.4 Å². The van der Waals surface area contributed by atoms with Crippen LogP contribution in [-0.4, -0.2) is 29.4 Å². The van der Waals surface area contributed by atoms with Crippen molar-refractivity contribution < 1.29 is 47.6 Å². The fraction of sp³-hybridized carbons (Fsp3) is 1.00. The second kappa shape index (κ2) is 8.07. The van der Waals surface area contributed by atoms with Crippen molar-refractivity contribution in [2.75, 3.05) is 0 Å². The minimum absolute atomic E-state index is 0. The summed E-state index contributed by atoms with van der Waals surface area (Å²) in [5.74, 6) is 0. The molecule has 0 fully saturated rings. The summed E-state index contributed by atoms with van der Waals surface area (Å²) in [6.07, 6.45) is 1.18. The van der Waals surface area contributed by atoms with Crippen molar-refractivity contribution in [2.24, 2.45) is 0 Å². The molecule has 0 spiro atoms. The molecule has 4 nitrogen and oxygen atoms in total. The van der Waals surface area contributed by atoms with E-state index in [4.69, 9.17) is 0 Å². The minimum atomic E-state index is -4.34. The number of hydrogen-bond donors (Lipinski definition) is 1. The summed E-state index contributed by atoms with van der Waals surface area (Å²) >= 11 is 0. The van der Waals surface area contributed by atoms with Crippen LogP contribution in [0.4, 0.5) is 0 Å². The molecule has 0 saturated carbocycles. The van der Waals surface area contributed by atoms with Crippen molar-refractivity contribution in [3.8, 4) is 0 Å². The van der Waals surface area contributed by atoms with Crippen LogP contribution < -0.4 is 29.6 Å². The van der Waals surface area contributed by atoms with Crippen LogP contribution >= 0.6 is 0 Å². The van der Waals surface area contributed by atoms with E-state index in [9.17, 15) is 18.1 Å². The molecule has 0 aromatic rings. The van der Waals surface area contributed by atoms with Crippen molar-refractivity contribution in [1.82, 2.24) is 0 Å².